The van der Waals surface area contributed by atoms with E-state index in [2.05, 4.69) is 13.8 Å². The molecule has 0 spiro atoms. The van der Waals surface area contributed by atoms with Crippen LogP contribution in [0.25, 0.3) is 0 Å². The van der Waals surface area contributed by atoms with Crippen LogP contribution >= 0.6 is 0 Å². The van der Waals surface area contributed by atoms with Crippen molar-refractivity contribution in [3.8, 4) is 5.75 Å². The van der Waals surface area contributed by atoms with Crippen LogP contribution in [-0.4, -0.2) is 41.6 Å². The number of ether oxygens (including phenoxy) is 1. The van der Waals surface area contributed by atoms with Crippen LogP contribution in [-0.2, 0) is 9.59 Å². The number of amides is 1. The van der Waals surface area contributed by atoms with Crippen molar-refractivity contribution in [3.05, 3.63) is 29.3 Å². The lowest BCUT2D eigenvalue weighted by atomic mass is 9.98. The van der Waals surface area contributed by atoms with E-state index in [1.54, 1.807) is 4.90 Å². The molecule has 1 aliphatic heterocycles. The van der Waals surface area contributed by atoms with Gasteiger partial charge in [-0.15, -0.1) is 0 Å². The van der Waals surface area contributed by atoms with E-state index < -0.39 is 11.9 Å². The molecule has 1 atom stereocenters. The first-order chi connectivity index (χ1) is 10.9. The smallest absolute Gasteiger partial charge is 0.308 e. The molecule has 0 bridgehead atoms. The summed E-state index contributed by atoms with van der Waals surface area (Å²) in [5.41, 5.74) is 2.16. The number of benzene rings is 1. The number of hydrogen-bond acceptors (Lipinski definition) is 3. The summed E-state index contributed by atoms with van der Waals surface area (Å²) < 4.78 is 5.75. The molecule has 0 radical (unpaired) electrons. The van der Waals surface area contributed by atoms with Gasteiger partial charge in [-0.3, -0.25) is 9.59 Å². The van der Waals surface area contributed by atoms with Crippen LogP contribution in [0, 0.1) is 12.8 Å². The molecule has 1 aromatic carbocycles. The number of rotatable bonds is 5. The lowest BCUT2D eigenvalue weighted by Gasteiger charge is -2.30. The summed E-state index contributed by atoms with van der Waals surface area (Å²) >= 11 is 0. The standard InChI is InChI=1S/C18H25NO4/c1-12(2)15-7-6-13(3)9-16(15)23-11-17(20)19-8-4-5-14(10-19)18(21)22/h6-7,9,12,14H,4-5,8,10-11H2,1-3H3,(H,21,22). The van der Waals surface area contributed by atoms with E-state index in [4.69, 9.17) is 9.84 Å². The highest BCUT2D eigenvalue weighted by atomic mass is 16.5. The van der Waals surface area contributed by atoms with Crippen molar-refractivity contribution in [2.45, 2.75) is 39.5 Å². The molecule has 1 unspecified atom stereocenters. The molecule has 1 saturated heterocycles. The number of carbonyl (C=O) groups excluding carboxylic acids is 1. The lowest BCUT2D eigenvalue weighted by molar-refractivity contribution is -0.146. The Morgan fingerprint density at radius 2 is 2.13 bits per heavy atom. The molecule has 0 saturated carbocycles. The Kier molecular flexibility index (Phi) is 5.64. The molecular weight excluding hydrogens is 294 g/mol. The zero-order valence-electron chi connectivity index (χ0n) is 14.0. The van der Waals surface area contributed by atoms with E-state index >= 15 is 0 Å². The highest BCUT2D eigenvalue weighted by molar-refractivity contribution is 5.79. The van der Waals surface area contributed by atoms with E-state index in [0.29, 0.717) is 18.9 Å². The first kappa shape index (κ1) is 17.3. The van der Waals surface area contributed by atoms with Gasteiger partial charge in [0.1, 0.15) is 5.75 Å². The largest absolute Gasteiger partial charge is 0.483 e. The van der Waals surface area contributed by atoms with Crippen molar-refractivity contribution >= 4 is 11.9 Å². The highest BCUT2D eigenvalue weighted by Gasteiger charge is 2.28. The lowest BCUT2D eigenvalue weighted by Crippen LogP contribution is -2.44. The van der Waals surface area contributed by atoms with Gasteiger partial charge in [0.2, 0.25) is 0 Å². The Balaban J connectivity index is 1.99. The second kappa shape index (κ2) is 7.49. The first-order valence-electron chi connectivity index (χ1n) is 8.12. The van der Waals surface area contributed by atoms with E-state index in [9.17, 15) is 9.59 Å². The third-order valence-electron chi connectivity index (χ3n) is 4.27. The van der Waals surface area contributed by atoms with Crippen molar-refractivity contribution < 1.29 is 19.4 Å². The van der Waals surface area contributed by atoms with Crippen LogP contribution in [0.4, 0.5) is 0 Å². The Bertz CT molecular complexity index is 582. The number of aryl methyl sites for hydroxylation is 1. The maximum Gasteiger partial charge on any atom is 0.308 e. The summed E-state index contributed by atoms with van der Waals surface area (Å²) in [6.45, 7) is 7.00. The summed E-state index contributed by atoms with van der Waals surface area (Å²) in [4.78, 5) is 25.0. The minimum Gasteiger partial charge on any atom is -0.483 e. The average molecular weight is 319 g/mol. The van der Waals surface area contributed by atoms with Crippen LogP contribution in [0.3, 0.4) is 0 Å². The number of aliphatic carboxylic acids is 1. The topological polar surface area (TPSA) is 66.8 Å². The quantitative estimate of drug-likeness (QED) is 0.906. The van der Waals surface area contributed by atoms with Gasteiger partial charge in [-0.25, -0.2) is 0 Å². The summed E-state index contributed by atoms with van der Waals surface area (Å²) in [5.74, 6) is -0.388. The third-order valence-corrected chi connectivity index (χ3v) is 4.27. The zero-order valence-corrected chi connectivity index (χ0v) is 14.0. The average Bonchev–Trinajstić information content (AvgIpc) is 2.52. The van der Waals surface area contributed by atoms with Crippen LogP contribution in [0.1, 0.15) is 43.7 Å². The molecule has 2 rings (SSSR count). The van der Waals surface area contributed by atoms with Gasteiger partial charge < -0.3 is 14.7 Å². The second-order valence-electron chi connectivity index (χ2n) is 6.50. The molecule has 1 heterocycles. The van der Waals surface area contributed by atoms with E-state index in [1.807, 2.05) is 25.1 Å². The van der Waals surface area contributed by atoms with Gasteiger partial charge in [0.15, 0.2) is 6.61 Å². The summed E-state index contributed by atoms with van der Waals surface area (Å²) in [6, 6.07) is 6.01. The van der Waals surface area contributed by atoms with Crippen LogP contribution in [0.5, 0.6) is 5.75 Å². The normalized spacial score (nSPS) is 18.1. The van der Waals surface area contributed by atoms with Crippen molar-refractivity contribution in [1.29, 1.82) is 0 Å². The Morgan fingerprint density at radius 1 is 1.39 bits per heavy atom. The molecule has 0 aliphatic carbocycles. The fourth-order valence-corrected chi connectivity index (χ4v) is 2.88. The maximum absolute atomic E-state index is 12.3. The fourth-order valence-electron chi connectivity index (χ4n) is 2.88. The van der Waals surface area contributed by atoms with Gasteiger partial charge in [0.25, 0.3) is 5.91 Å². The van der Waals surface area contributed by atoms with Gasteiger partial charge in [-0.1, -0.05) is 26.0 Å². The van der Waals surface area contributed by atoms with Gasteiger partial charge in [0.05, 0.1) is 5.92 Å². The molecule has 1 N–H and O–H groups in total. The summed E-state index contributed by atoms with van der Waals surface area (Å²) in [5, 5.41) is 9.10. The molecule has 1 aliphatic rings. The van der Waals surface area contributed by atoms with Crippen molar-refractivity contribution in [2.75, 3.05) is 19.7 Å². The minimum atomic E-state index is -0.829. The predicted octanol–water partition coefficient (Wildman–Crippen LogP) is 2.82. The number of likely N-dealkylation sites (tertiary alicyclic amines) is 1. The Labute approximate surface area is 137 Å². The number of carboxylic acid groups (broad SMARTS) is 1. The van der Waals surface area contributed by atoms with E-state index in [-0.39, 0.29) is 19.1 Å². The predicted molar refractivity (Wildman–Crippen MR) is 87.7 cm³/mol. The summed E-state index contributed by atoms with van der Waals surface area (Å²) in [7, 11) is 0. The van der Waals surface area contributed by atoms with Crippen LogP contribution in [0.15, 0.2) is 18.2 Å². The van der Waals surface area contributed by atoms with Gasteiger partial charge in [-0.05, 0) is 42.9 Å². The van der Waals surface area contributed by atoms with Crippen molar-refractivity contribution in [2.24, 2.45) is 5.92 Å². The fraction of sp³-hybridized carbons (Fsp3) is 0.556. The van der Waals surface area contributed by atoms with Gasteiger partial charge in [0, 0.05) is 13.1 Å². The SMILES string of the molecule is Cc1ccc(C(C)C)c(OCC(=O)N2CCCC(C(=O)O)C2)c1. The maximum atomic E-state index is 12.3. The zero-order chi connectivity index (χ0) is 17.0. The van der Waals surface area contributed by atoms with Gasteiger partial charge in [-0.2, -0.15) is 0 Å². The van der Waals surface area contributed by atoms with Crippen LogP contribution < -0.4 is 4.74 Å². The molecule has 1 fully saturated rings. The number of carboxylic acids is 1. The number of carbonyl (C=O) groups is 2. The second-order valence-corrected chi connectivity index (χ2v) is 6.50. The van der Waals surface area contributed by atoms with Crippen LogP contribution in [0.2, 0.25) is 0 Å². The Hall–Kier alpha value is -2.04. The van der Waals surface area contributed by atoms with E-state index in [0.717, 1.165) is 23.3 Å². The number of piperidine rings is 1. The molecular formula is C18H25NO4. The molecule has 5 nitrogen and oxygen atoms in total. The monoisotopic (exact) mass is 319 g/mol. The minimum absolute atomic E-state index is 0.0461. The molecule has 1 amide bonds. The first-order valence-corrected chi connectivity index (χ1v) is 8.12. The number of nitrogens with zero attached hydrogens (tertiary/aromatic N) is 1. The molecule has 5 heteroatoms. The molecule has 0 aromatic heterocycles. The molecule has 126 valence electrons. The Morgan fingerprint density at radius 3 is 2.78 bits per heavy atom. The third kappa shape index (κ3) is 4.47. The molecule has 23 heavy (non-hydrogen) atoms. The highest BCUT2D eigenvalue weighted by Crippen LogP contribution is 2.27. The van der Waals surface area contributed by atoms with E-state index in [1.165, 1.54) is 0 Å². The molecule has 1 aromatic rings. The van der Waals surface area contributed by atoms with Crippen molar-refractivity contribution in [3.63, 3.8) is 0 Å². The number of hydrogen-bond donors (Lipinski definition) is 1. The van der Waals surface area contributed by atoms with Gasteiger partial charge >= 0.3 is 5.97 Å². The summed E-state index contributed by atoms with van der Waals surface area (Å²) in [6.07, 6.45) is 1.36. The van der Waals surface area contributed by atoms with Crippen molar-refractivity contribution in [1.82, 2.24) is 4.90 Å².